The second kappa shape index (κ2) is 5.27. The van der Waals surface area contributed by atoms with Crippen LogP contribution in [0.5, 0.6) is 0 Å². The molecule has 1 nitrogen and oxygen atoms in total. The highest BCUT2D eigenvalue weighted by atomic mass is 127. The zero-order chi connectivity index (χ0) is 9.68. The summed E-state index contributed by atoms with van der Waals surface area (Å²) in [4.78, 5) is 0. The Balaban J connectivity index is 2.68. The van der Waals surface area contributed by atoms with Crippen molar-refractivity contribution in [3.63, 3.8) is 0 Å². The molecule has 0 saturated carbocycles. The normalized spacial score (nSPS) is 13.2. The molecule has 1 aromatic carbocycles. The summed E-state index contributed by atoms with van der Waals surface area (Å²) in [6.07, 6.45) is 4.20. The molecule has 0 aliphatic rings. The van der Waals surface area contributed by atoms with Crippen molar-refractivity contribution in [2.75, 3.05) is 5.32 Å². The third-order valence-corrected chi connectivity index (χ3v) is 2.68. The molecule has 0 radical (unpaired) electrons. The van der Waals surface area contributed by atoms with Crippen LogP contribution in [0.25, 0.3) is 0 Å². The van der Waals surface area contributed by atoms with Gasteiger partial charge < -0.3 is 5.32 Å². The molecule has 0 spiro atoms. The Bertz CT molecular complexity index is 294. The van der Waals surface area contributed by atoms with E-state index in [1.54, 1.807) is 0 Å². The van der Waals surface area contributed by atoms with Crippen LogP contribution in [-0.4, -0.2) is 6.04 Å². The molecule has 1 atom stereocenters. The van der Waals surface area contributed by atoms with E-state index in [4.69, 9.17) is 0 Å². The minimum absolute atomic E-state index is 0.390. The van der Waals surface area contributed by atoms with Gasteiger partial charge in [0.25, 0.3) is 0 Å². The lowest BCUT2D eigenvalue weighted by Crippen LogP contribution is -2.12. The Hall–Kier alpha value is -0.510. The minimum Gasteiger partial charge on any atom is -0.378 e. The molecule has 1 aromatic rings. The fourth-order valence-electron chi connectivity index (χ4n) is 1.16. The number of para-hydroxylation sites is 1. The Kier molecular flexibility index (Phi) is 4.28. The van der Waals surface area contributed by atoms with E-state index in [9.17, 15) is 0 Å². The maximum Gasteiger partial charge on any atom is 0.0480 e. The maximum atomic E-state index is 3.42. The van der Waals surface area contributed by atoms with E-state index in [0.29, 0.717) is 6.04 Å². The smallest absolute Gasteiger partial charge is 0.0480 e. The van der Waals surface area contributed by atoms with Crippen molar-refractivity contribution in [1.29, 1.82) is 0 Å². The van der Waals surface area contributed by atoms with Crippen molar-refractivity contribution < 1.29 is 0 Å². The topological polar surface area (TPSA) is 12.0 Å². The summed E-state index contributed by atoms with van der Waals surface area (Å²) in [7, 11) is 0. The largest absolute Gasteiger partial charge is 0.378 e. The lowest BCUT2D eigenvalue weighted by Gasteiger charge is -2.12. The van der Waals surface area contributed by atoms with Crippen molar-refractivity contribution >= 4 is 28.3 Å². The van der Waals surface area contributed by atoms with Gasteiger partial charge in [-0.1, -0.05) is 24.3 Å². The summed E-state index contributed by atoms with van der Waals surface area (Å²) in [5.74, 6) is 0. The van der Waals surface area contributed by atoms with Gasteiger partial charge >= 0.3 is 0 Å². The minimum atomic E-state index is 0.390. The van der Waals surface area contributed by atoms with Gasteiger partial charge in [0.05, 0.1) is 0 Å². The molecule has 0 aromatic heterocycles. The Morgan fingerprint density at radius 1 is 1.38 bits per heavy atom. The van der Waals surface area contributed by atoms with Crippen LogP contribution in [0.1, 0.15) is 13.8 Å². The number of allylic oxidation sites excluding steroid dienone is 1. The van der Waals surface area contributed by atoms with E-state index in [-0.39, 0.29) is 0 Å². The lowest BCUT2D eigenvalue weighted by molar-refractivity contribution is 0.993. The highest BCUT2D eigenvalue weighted by Gasteiger charge is 1.99. The van der Waals surface area contributed by atoms with Gasteiger partial charge in [-0.15, -0.1) is 0 Å². The molecule has 0 aliphatic carbocycles. The second-order valence-corrected chi connectivity index (χ2v) is 4.10. The Morgan fingerprint density at radius 2 is 2.08 bits per heavy atom. The number of hydrogen-bond donors (Lipinski definition) is 1. The van der Waals surface area contributed by atoms with Crippen LogP contribution in [-0.2, 0) is 0 Å². The monoisotopic (exact) mass is 287 g/mol. The van der Waals surface area contributed by atoms with Crippen LogP contribution < -0.4 is 5.32 Å². The maximum absolute atomic E-state index is 3.42. The molecular formula is C11H14IN. The molecule has 0 aliphatic heterocycles. The fraction of sp³-hybridized carbons (Fsp3) is 0.273. The molecular weight excluding hydrogens is 273 g/mol. The summed E-state index contributed by atoms with van der Waals surface area (Å²) >= 11 is 2.34. The molecule has 2 heteroatoms. The molecule has 0 bridgehead atoms. The van der Waals surface area contributed by atoms with Gasteiger partial charge in [0.2, 0.25) is 0 Å². The molecule has 0 saturated heterocycles. The first-order chi connectivity index (χ1) is 6.24. The zero-order valence-corrected chi connectivity index (χ0v) is 10.1. The van der Waals surface area contributed by atoms with E-state index in [2.05, 4.69) is 59.1 Å². The van der Waals surface area contributed by atoms with Crippen LogP contribution >= 0.6 is 22.6 Å². The summed E-state index contributed by atoms with van der Waals surface area (Å²) in [6.45, 7) is 4.18. The van der Waals surface area contributed by atoms with E-state index in [1.165, 1.54) is 9.26 Å². The van der Waals surface area contributed by atoms with Gasteiger partial charge in [0, 0.05) is 15.3 Å². The molecule has 1 unspecified atom stereocenters. The van der Waals surface area contributed by atoms with Gasteiger partial charge in [-0.3, -0.25) is 0 Å². The van der Waals surface area contributed by atoms with E-state index < -0.39 is 0 Å². The third kappa shape index (κ3) is 3.38. The molecule has 0 fully saturated rings. The number of halogens is 1. The summed E-state index contributed by atoms with van der Waals surface area (Å²) < 4.78 is 1.26. The van der Waals surface area contributed by atoms with Gasteiger partial charge in [0.15, 0.2) is 0 Å². The number of rotatable bonds is 3. The van der Waals surface area contributed by atoms with E-state index in [0.717, 1.165) is 0 Å². The fourth-order valence-corrected chi connectivity index (χ4v) is 1.70. The van der Waals surface area contributed by atoms with Crippen molar-refractivity contribution in [3.8, 4) is 0 Å². The van der Waals surface area contributed by atoms with Crippen molar-refractivity contribution in [3.05, 3.63) is 40.0 Å². The number of benzene rings is 1. The summed E-state index contributed by atoms with van der Waals surface area (Å²) in [5.41, 5.74) is 1.20. The average Bonchev–Trinajstić information content (AvgIpc) is 2.09. The molecule has 1 rings (SSSR count). The van der Waals surface area contributed by atoms with Crippen LogP contribution in [0.3, 0.4) is 0 Å². The highest BCUT2D eigenvalue weighted by molar-refractivity contribution is 14.1. The predicted molar refractivity (Wildman–Crippen MR) is 67.1 cm³/mol. The van der Waals surface area contributed by atoms with Gasteiger partial charge in [0.1, 0.15) is 0 Å². The lowest BCUT2D eigenvalue weighted by atomic mass is 10.2. The summed E-state index contributed by atoms with van der Waals surface area (Å²) in [6, 6.07) is 8.69. The standard InChI is InChI=1S/C11H14IN/c1-3-6-9(2)13-11-8-5-4-7-10(11)12/h3-9,13H,1-2H3/b6-3+. The molecule has 0 heterocycles. The number of anilines is 1. The van der Waals surface area contributed by atoms with Crippen molar-refractivity contribution in [2.24, 2.45) is 0 Å². The molecule has 70 valence electrons. The van der Waals surface area contributed by atoms with E-state index >= 15 is 0 Å². The van der Waals surface area contributed by atoms with Crippen LogP contribution in [0.2, 0.25) is 0 Å². The molecule has 0 amide bonds. The third-order valence-electron chi connectivity index (χ3n) is 1.74. The van der Waals surface area contributed by atoms with Crippen LogP contribution in [0.15, 0.2) is 36.4 Å². The number of nitrogens with one attached hydrogen (secondary N) is 1. The van der Waals surface area contributed by atoms with Crippen LogP contribution in [0.4, 0.5) is 5.69 Å². The quantitative estimate of drug-likeness (QED) is 0.660. The Labute approximate surface area is 93.4 Å². The zero-order valence-electron chi connectivity index (χ0n) is 7.92. The second-order valence-electron chi connectivity index (χ2n) is 2.94. The predicted octanol–water partition coefficient (Wildman–Crippen LogP) is 3.67. The molecule has 1 N–H and O–H groups in total. The molecule has 13 heavy (non-hydrogen) atoms. The van der Waals surface area contributed by atoms with E-state index in [1.807, 2.05) is 19.1 Å². The summed E-state index contributed by atoms with van der Waals surface area (Å²) in [5, 5.41) is 3.42. The van der Waals surface area contributed by atoms with Crippen LogP contribution in [0, 0.1) is 3.57 Å². The van der Waals surface area contributed by atoms with Crippen molar-refractivity contribution in [1.82, 2.24) is 0 Å². The highest BCUT2D eigenvalue weighted by Crippen LogP contribution is 2.17. The average molecular weight is 287 g/mol. The first-order valence-corrected chi connectivity index (χ1v) is 5.46. The first kappa shape index (κ1) is 10.6. The number of hydrogen-bond acceptors (Lipinski definition) is 1. The van der Waals surface area contributed by atoms with Gasteiger partial charge in [-0.25, -0.2) is 0 Å². The Morgan fingerprint density at radius 3 is 2.69 bits per heavy atom. The van der Waals surface area contributed by atoms with Gasteiger partial charge in [-0.05, 0) is 48.6 Å². The first-order valence-electron chi connectivity index (χ1n) is 4.38. The van der Waals surface area contributed by atoms with Crippen molar-refractivity contribution in [2.45, 2.75) is 19.9 Å². The SMILES string of the molecule is C/C=C/C(C)Nc1ccccc1I. The van der Waals surface area contributed by atoms with Gasteiger partial charge in [-0.2, -0.15) is 0 Å².